The van der Waals surface area contributed by atoms with Crippen LogP contribution < -0.4 is 10.1 Å². The number of hydrogen-bond acceptors (Lipinski definition) is 4. The molecule has 0 aromatic heterocycles. The Labute approximate surface area is 140 Å². The van der Waals surface area contributed by atoms with E-state index < -0.39 is 11.5 Å². The summed E-state index contributed by atoms with van der Waals surface area (Å²) in [7, 11) is 1.48. The number of fused-ring (bicyclic) bond motifs is 1. The topological polar surface area (TPSA) is 75.6 Å². The largest absolute Gasteiger partial charge is 0.496 e. The van der Waals surface area contributed by atoms with Gasteiger partial charge in [0.2, 0.25) is 0 Å². The second-order valence-corrected chi connectivity index (χ2v) is 5.85. The van der Waals surface area contributed by atoms with Crippen molar-refractivity contribution >= 4 is 17.4 Å². The van der Waals surface area contributed by atoms with Crippen LogP contribution in [0.15, 0.2) is 42.5 Å². The Hall–Kier alpha value is -2.66. The minimum atomic E-state index is -1.86. The van der Waals surface area contributed by atoms with Crippen LogP contribution in [0.4, 0.5) is 5.69 Å². The van der Waals surface area contributed by atoms with Crippen LogP contribution in [0, 0.1) is 0 Å². The number of benzene rings is 2. The van der Waals surface area contributed by atoms with Gasteiger partial charge in [-0.25, -0.2) is 0 Å². The standard InChI is InChI=1S/C19H19NO4/c1-3-12-8-9-15-14(10-12)19(23,18(22)20-15)11-16(21)13-6-4-5-7-17(13)24-2/h4-10,23H,3,11H2,1-2H3,(H,20,22)/t19-/m1/s1. The van der Waals surface area contributed by atoms with Crippen LogP contribution in [-0.2, 0) is 16.8 Å². The number of rotatable bonds is 5. The molecule has 2 aromatic rings. The normalized spacial score (nSPS) is 18.9. The molecule has 1 aliphatic rings. The second kappa shape index (κ2) is 6.09. The summed E-state index contributed by atoms with van der Waals surface area (Å²) in [5.74, 6) is -0.499. The molecule has 0 aliphatic carbocycles. The van der Waals surface area contributed by atoms with E-state index in [1.807, 2.05) is 13.0 Å². The molecule has 1 atom stereocenters. The Morgan fingerprint density at radius 3 is 2.71 bits per heavy atom. The van der Waals surface area contributed by atoms with Gasteiger partial charge in [-0.2, -0.15) is 0 Å². The summed E-state index contributed by atoms with van der Waals surface area (Å²) < 4.78 is 5.19. The molecular weight excluding hydrogens is 306 g/mol. The highest BCUT2D eigenvalue weighted by Gasteiger charge is 2.47. The number of carbonyl (C=O) groups excluding carboxylic acids is 2. The summed E-state index contributed by atoms with van der Waals surface area (Å²) in [6, 6.07) is 12.2. The first kappa shape index (κ1) is 16.2. The zero-order valence-electron chi connectivity index (χ0n) is 13.6. The fourth-order valence-corrected chi connectivity index (χ4v) is 2.99. The van der Waals surface area contributed by atoms with Crippen molar-refractivity contribution in [2.75, 3.05) is 12.4 Å². The summed E-state index contributed by atoms with van der Waals surface area (Å²) in [6.07, 6.45) is 0.442. The minimum Gasteiger partial charge on any atom is -0.496 e. The predicted molar refractivity (Wildman–Crippen MR) is 90.3 cm³/mol. The number of methoxy groups -OCH3 is 1. The minimum absolute atomic E-state index is 0.334. The Bertz CT molecular complexity index is 815. The van der Waals surface area contributed by atoms with Crippen molar-refractivity contribution in [1.82, 2.24) is 0 Å². The Morgan fingerprint density at radius 1 is 1.25 bits per heavy atom. The first-order chi connectivity index (χ1) is 11.5. The number of nitrogens with one attached hydrogen (secondary N) is 1. The van der Waals surface area contributed by atoms with E-state index in [1.54, 1.807) is 36.4 Å². The molecule has 0 radical (unpaired) electrons. The van der Waals surface area contributed by atoms with Gasteiger partial charge in [-0.1, -0.05) is 31.2 Å². The van der Waals surface area contributed by atoms with Crippen LogP contribution in [0.2, 0.25) is 0 Å². The van der Waals surface area contributed by atoms with E-state index in [0.717, 1.165) is 12.0 Å². The van der Waals surface area contributed by atoms with E-state index >= 15 is 0 Å². The van der Waals surface area contributed by atoms with Gasteiger partial charge in [-0.3, -0.25) is 9.59 Å². The summed E-state index contributed by atoms with van der Waals surface area (Å²) in [6.45, 7) is 1.99. The van der Waals surface area contributed by atoms with E-state index in [-0.39, 0.29) is 12.2 Å². The number of para-hydroxylation sites is 1. The van der Waals surface area contributed by atoms with E-state index in [2.05, 4.69) is 5.32 Å². The highest BCUT2D eigenvalue weighted by atomic mass is 16.5. The number of amides is 1. The first-order valence-corrected chi connectivity index (χ1v) is 7.83. The summed E-state index contributed by atoms with van der Waals surface area (Å²) in [5, 5.41) is 13.6. The number of carbonyl (C=O) groups is 2. The number of ketones is 1. The lowest BCUT2D eigenvalue weighted by molar-refractivity contribution is -0.133. The zero-order chi connectivity index (χ0) is 17.3. The van der Waals surface area contributed by atoms with Gasteiger partial charge < -0.3 is 15.2 Å². The molecule has 0 saturated carbocycles. The third kappa shape index (κ3) is 2.57. The van der Waals surface area contributed by atoms with Crippen LogP contribution in [-0.4, -0.2) is 23.9 Å². The SMILES string of the molecule is CCc1ccc2c(c1)[C@](O)(CC(=O)c1ccccc1OC)C(=O)N2. The second-order valence-electron chi connectivity index (χ2n) is 5.85. The maximum absolute atomic E-state index is 12.7. The van der Waals surface area contributed by atoms with Crippen LogP contribution in [0.1, 0.15) is 34.8 Å². The van der Waals surface area contributed by atoms with Crippen molar-refractivity contribution in [2.24, 2.45) is 0 Å². The van der Waals surface area contributed by atoms with Gasteiger partial charge in [0, 0.05) is 11.3 Å². The number of hydrogen-bond donors (Lipinski definition) is 2. The summed E-state index contributed by atoms with van der Waals surface area (Å²) >= 11 is 0. The van der Waals surface area contributed by atoms with Gasteiger partial charge in [0.05, 0.1) is 19.1 Å². The average Bonchev–Trinajstić information content (AvgIpc) is 2.85. The van der Waals surface area contributed by atoms with Gasteiger partial charge in [-0.15, -0.1) is 0 Å². The first-order valence-electron chi connectivity index (χ1n) is 7.83. The van der Waals surface area contributed by atoms with Crippen molar-refractivity contribution < 1.29 is 19.4 Å². The van der Waals surface area contributed by atoms with Gasteiger partial charge in [0.1, 0.15) is 5.75 Å². The summed E-state index contributed by atoms with van der Waals surface area (Å²) in [4.78, 5) is 25.0. The van der Waals surface area contributed by atoms with Gasteiger partial charge in [0.25, 0.3) is 5.91 Å². The molecule has 0 fully saturated rings. The maximum atomic E-state index is 12.7. The molecule has 1 amide bonds. The zero-order valence-corrected chi connectivity index (χ0v) is 13.6. The highest BCUT2D eigenvalue weighted by Crippen LogP contribution is 2.40. The Kier molecular flexibility index (Phi) is 4.11. The molecule has 1 aliphatic heterocycles. The Morgan fingerprint density at radius 2 is 2.00 bits per heavy atom. The van der Waals surface area contributed by atoms with E-state index in [0.29, 0.717) is 22.6 Å². The van der Waals surface area contributed by atoms with E-state index in [4.69, 9.17) is 4.74 Å². The summed E-state index contributed by atoms with van der Waals surface area (Å²) in [5.41, 5.74) is 0.482. The van der Waals surface area contributed by atoms with Gasteiger partial charge in [0.15, 0.2) is 11.4 Å². The van der Waals surface area contributed by atoms with Gasteiger partial charge >= 0.3 is 0 Å². The van der Waals surface area contributed by atoms with Crippen molar-refractivity contribution in [2.45, 2.75) is 25.4 Å². The monoisotopic (exact) mass is 325 g/mol. The number of aryl methyl sites for hydroxylation is 1. The molecule has 1 heterocycles. The fourth-order valence-electron chi connectivity index (χ4n) is 2.99. The lowest BCUT2D eigenvalue weighted by Gasteiger charge is -2.21. The molecule has 24 heavy (non-hydrogen) atoms. The van der Waals surface area contributed by atoms with E-state index in [1.165, 1.54) is 7.11 Å². The smallest absolute Gasteiger partial charge is 0.261 e. The molecule has 0 spiro atoms. The molecule has 124 valence electrons. The third-order valence-corrected chi connectivity index (χ3v) is 4.39. The third-order valence-electron chi connectivity index (χ3n) is 4.39. The van der Waals surface area contributed by atoms with E-state index in [9.17, 15) is 14.7 Å². The molecule has 0 unspecified atom stereocenters. The number of Topliss-reactive ketones (excluding diaryl/α,β-unsaturated/α-hetero) is 1. The molecule has 0 bridgehead atoms. The molecule has 5 heteroatoms. The van der Waals surface area contributed by atoms with Crippen molar-refractivity contribution in [3.8, 4) is 5.75 Å². The molecular formula is C19H19NO4. The van der Waals surface area contributed by atoms with Crippen LogP contribution >= 0.6 is 0 Å². The number of ether oxygens (including phenoxy) is 1. The maximum Gasteiger partial charge on any atom is 0.261 e. The van der Waals surface area contributed by atoms with Crippen LogP contribution in [0.5, 0.6) is 5.75 Å². The molecule has 3 rings (SSSR count). The fraction of sp³-hybridized carbons (Fsp3) is 0.263. The predicted octanol–water partition coefficient (Wildman–Crippen LogP) is 2.67. The van der Waals surface area contributed by atoms with Crippen LogP contribution in [0.3, 0.4) is 0 Å². The molecule has 2 N–H and O–H groups in total. The van der Waals surface area contributed by atoms with Gasteiger partial charge in [-0.05, 0) is 30.2 Å². The lowest BCUT2D eigenvalue weighted by atomic mass is 9.87. The average molecular weight is 325 g/mol. The van der Waals surface area contributed by atoms with Crippen LogP contribution in [0.25, 0.3) is 0 Å². The van der Waals surface area contributed by atoms with Crippen molar-refractivity contribution in [1.29, 1.82) is 0 Å². The lowest BCUT2D eigenvalue weighted by Crippen LogP contribution is -2.36. The molecule has 5 nitrogen and oxygen atoms in total. The van der Waals surface area contributed by atoms with Crippen molar-refractivity contribution in [3.63, 3.8) is 0 Å². The highest BCUT2D eigenvalue weighted by molar-refractivity contribution is 6.10. The van der Waals surface area contributed by atoms with Crippen molar-refractivity contribution in [3.05, 3.63) is 59.2 Å². The molecule has 0 saturated heterocycles. The number of aliphatic hydroxyl groups is 1. The molecule has 2 aromatic carbocycles. The quantitative estimate of drug-likeness (QED) is 0.829. The Balaban J connectivity index is 1.98. The number of anilines is 1.